The SMILES string of the molecule is CN(Cc1ccc(F)cc1)Cn1nc(-c2ccco2)oc1=S. The molecule has 22 heavy (non-hydrogen) atoms. The van der Waals surface area contributed by atoms with Crippen molar-refractivity contribution in [3.05, 3.63) is 58.9 Å². The normalized spacial score (nSPS) is 11.2. The minimum Gasteiger partial charge on any atom is -0.459 e. The molecule has 0 N–H and O–H groups in total. The molecule has 0 aliphatic heterocycles. The monoisotopic (exact) mass is 319 g/mol. The average Bonchev–Trinajstić information content (AvgIpc) is 3.12. The zero-order valence-electron chi connectivity index (χ0n) is 11.9. The van der Waals surface area contributed by atoms with Gasteiger partial charge < -0.3 is 8.83 Å². The second-order valence-corrected chi connectivity index (χ2v) is 5.28. The van der Waals surface area contributed by atoms with Crippen molar-refractivity contribution in [3.63, 3.8) is 0 Å². The lowest BCUT2D eigenvalue weighted by Gasteiger charge is -2.15. The molecule has 0 spiro atoms. The van der Waals surface area contributed by atoms with Gasteiger partial charge in [-0.3, -0.25) is 4.90 Å². The molecule has 2 aromatic heterocycles. The van der Waals surface area contributed by atoms with Gasteiger partial charge in [-0.05, 0) is 49.1 Å². The van der Waals surface area contributed by atoms with Crippen LogP contribution in [0.2, 0.25) is 0 Å². The summed E-state index contributed by atoms with van der Waals surface area (Å²) in [4.78, 5) is 2.27. The molecule has 0 amide bonds. The van der Waals surface area contributed by atoms with E-state index in [9.17, 15) is 4.39 Å². The van der Waals surface area contributed by atoms with Crippen LogP contribution in [0.4, 0.5) is 4.39 Å². The highest BCUT2D eigenvalue weighted by Gasteiger charge is 2.12. The lowest BCUT2D eigenvalue weighted by molar-refractivity contribution is 0.240. The fraction of sp³-hybridized carbons (Fsp3) is 0.200. The van der Waals surface area contributed by atoms with E-state index in [0.29, 0.717) is 24.9 Å². The zero-order valence-corrected chi connectivity index (χ0v) is 12.7. The highest BCUT2D eigenvalue weighted by molar-refractivity contribution is 7.71. The Morgan fingerprint density at radius 2 is 2.05 bits per heavy atom. The molecule has 0 radical (unpaired) electrons. The molecule has 0 aliphatic carbocycles. The number of benzene rings is 1. The van der Waals surface area contributed by atoms with E-state index < -0.39 is 0 Å². The van der Waals surface area contributed by atoms with Crippen molar-refractivity contribution in [2.45, 2.75) is 13.2 Å². The van der Waals surface area contributed by atoms with Gasteiger partial charge in [0.25, 0.3) is 10.7 Å². The summed E-state index contributed by atoms with van der Waals surface area (Å²) < 4.78 is 25.1. The van der Waals surface area contributed by atoms with Crippen LogP contribution in [0.15, 0.2) is 51.5 Å². The Morgan fingerprint density at radius 1 is 1.27 bits per heavy atom. The van der Waals surface area contributed by atoms with E-state index in [2.05, 4.69) is 5.10 Å². The Balaban J connectivity index is 1.70. The molecule has 0 atom stereocenters. The van der Waals surface area contributed by atoms with Crippen LogP contribution < -0.4 is 0 Å². The van der Waals surface area contributed by atoms with Crippen LogP contribution in [0, 0.1) is 10.7 Å². The van der Waals surface area contributed by atoms with Crippen LogP contribution in [0.25, 0.3) is 11.7 Å². The Hall–Kier alpha value is -2.25. The Kier molecular flexibility index (Phi) is 4.17. The van der Waals surface area contributed by atoms with Gasteiger partial charge in [-0.2, -0.15) is 0 Å². The maximum absolute atomic E-state index is 12.9. The quantitative estimate of drug-likeness (QED) is 0.671. The smallest absolute Gasteiger partial charge is 0.288 e. The number of aromatic nitrogens is 2. The Bertz CT molecular complexity index is 793. The van der Waals surface area contributed by atoms with E-state index in [1.165, 1.54) is 12.1 Å². The van der Waals surface area contributed by atoms with Gasteiger partial charge in [-0.25, -0.2) is 9.07 Å². The van der Waals surface area contributed by atoms with Crippen LogP contribution in [0.1, 0.15) is 5.56 Å². The fourth-order valence-electron chi connectivity index (χ4n) is 2.08. The summed E-state index contributed by atoms with van der Waals surface area (Å²) in [6.45, 7) is 1.10. The molecule has 2 heterocycles. The highest BCUT2D eigenvalue weighted by atomic mass is 32.1. The van der Waals surface area contributed by atoms with Gasteiger partial charge in [0.2, 0.25) is 0 Å². The maximum Gasteiger partial charge on any atom is 0.288 e. The van der Waals surface area contributed by atoms with E-state index in [1.54, 1.807) is 35.2 Å². The minimum absolute atomic E-state index is 0.242. The zero-order chi connectivity index (χ0) is 15.5. The lowest BCUT2D eigenvalue weighted by atomic mass is 10.2. The standard InChI is InChI=1S/C15H14FN3O2S/c1-18(9-11-4-6-12(16)7-5-11)10-19-15(22)21-14(17-19)13-3-2-8-20-13/h2-8H,9-10H2,1H3. The molecule has 3 aromatic rings. The van der Waals surface area contributed by atoms with Crippen molar-refractivity contribution in [1.82, 2.24) is 14.7 Å². The summed E-state index contributed by atoms with van der Waals surface area (Å²) >= 11 is 5.16. The summed E-state index contributed by atoms with van der Waals surface area (Å²) in [5, 5.41) is 4.30. The van der Waals surface area contributed by atoms with Crippen molar-refractivity contribution in [3.8, 4) is 11.7 Å². The summed E-state index contributed by atoms with van der Waals surface area (Å²) in [5.41, 5.74) is 1.00. The predicted molar refractivity (Wildman–Crippen MR) is 80.9 cm³/mol. The molecule has 0 saturated heterocycles. The molecular formula is C15H14FN3O2S. The second kappa shape index (κ2) is 6.25. The van der Waals surface area contributed by atoms with Crippen LogP contribution in [0.5, 0.6) is 0 Å². The molecule has 0 aliphatic rings. The highest BCUT2D eigenvalue weighted by Crippen LogP contribution is 2.18. The third-order valence-corrected chi connectivity index (χ3v) is 3.37. The van der Waals surface area contributed by atoms with E-state index in [-0.39, 0.29) is 10.7 Å². The first kappa shape index (κ1) is 14.7. The molecule has 0 unspecified atom stereocenters. The van der Waals surface area contributed by atoms with E-state index in [0.717, 1.165) is 5.56 Å². The van der Waals surface area contributed by atoms with Gasteiger partial charge in [-0.15, -0.1) is 5.10 Å². The molecule has 7 heteroatoms. The number of hydrogen-bond donors (Lipinski definition) is 0. The molecule has 0 saturated carbocycles. The Morgan fingerprint density at radius 3 is 2.73 bits per heavy atom. The number of rotatable bonds is 5. The predicted octanol–water partition coefficient (Wildman–Crippen LogP) is 3.69. The summed E-state index contributed by atoms with van der Waals surface area (Å²) in [6.07, 6.45) is 1.55. The van der Waals surface area contributed by atoms with Crippen LogP contribution >= 0.6 is 12.2 Å². The first-order valence-corrected chi connectivity index (χ1v) is 7.07. The van der Waals surface area contributed by atoms with E-state index in [1.807, 2.05) is 11.9 Å². The van der Waals surface area contributed by atoms with Gasteiger partial charge in [0, 0.05) is 6.54 Å². The number of halogens is 1. The third kappa shape index (κ3) is 3.32. The van der Waals surface area contributed by atoms with Crippen molar-refractivity contribution in [1.29, 1.82) is 0 Å². The minimum atomic E-state index is -0.242. The molecule has 1 aromatic carbocycles. The first-order valence-electron chi connectivity index (χ1n) is 6.66. The summed E-state index contributed by atoms with van der Waals surface area (Å²) in [7, 11) is 1.92. The van der Waals surface area contributed by atoms with E-state index >= 15 is 0 Å². The van der Waals surface area contributed by atoms with Crippen molar-refractivity contribution < 1.29 is 13.2 Å². The topological polar surface area (TPSA) is 47.3 Å². The van der Waals surface area contributed by atoms with Gasteiger partial charge in [0.05, 0.1) is 12.9 Å². The summed E-state index contributed by atoms with van der Waals surface area (Å²) in [6, 6.07) is 9.91. The van der Waals surface area contributed by atoms with E-state index in [4.69, 9.17) is 21.1 Å². The summed E-state index contributed by atoms with van der Waals surface area (Å²) in [5.74, 6) is 0.643. The van der Waals surface area contributed by atoms with Gasteiger partial charge in [0.15, 0.2) is 5.76 Å². The molecular weight excluding hydrogens is 305 g/mol. The number of nitrogens with zero attached hydrogens (tertiary/aromatic N) is 3. The molecule has 0 fully saturated rings. The van der Waals surface area contributed by atoms with Gasteiger partial charge >= 0.3 is 0 Å². The number of hydrogen-bond acceptors (Lipinski definition) is 5. The lowest BCUT2D eigenvalue weighted by Crippen LogP contribution is -2.22. The third-order valence-electron chi connectivity index (χ3n) is 3.08. The van der Waals surface area contributed by atoms with Crippen molar-refractivity contribution in [2.24, 2.45) is 0 Å². The van der Waals surface area contributed by atoms with Crippen LogP contribution in [-0.2, 0) is 13.2 Å². The maximum atomic E-state index is 12.9. The number of furan rings is 1. The molecule has 3 rings (SSSR count). The molecule has 5 nitrogen and oxygen atoms in total. The second-order valence-electron chi connectivity index (χ2n) is 4.93. The Labute approximate surface area is 131 Å². The van der Waals surface area contributed by atoms with Crippen LogP contribution in [0.3, 0.4) is 0 Å². The molecule has 114 valence electrons. The largest absolute Gasteiger partial charge is 0.459 e. The van der Waals surface area contributed by atoms with Crippen molar-refractivity contribution >= 4 is 12.2 Å². The fourth-order valence-corrected chi connectivity index (χ4v) is 2.25. The average molecular weight is 319 g/mol. The first-order chi connectivity index (χ1) is 10.6. The van der Waals surface area contributed by atoms with Gasteiger partial charge in [0.1, 0.15) is 5.82 Å². The van der Waals surface area contributed by atoms with Crippen LogP contribution in [-0.4, -0.2) is 21.7 Å². The molecule has 0 bridgehead atoms. The van der Waals surface area contributed by atoms with Crippen molar-refractivity contribution in [2.75, 3.05) is 7.05 Å². The van der Waals surface area contributed by atoms with Gasteiger partial charge in [-0.1, -0.05) is 12.1 Å².